The van der Waals surface area contributed by atoms with Gasteiger partial charge in [0.1, 0.15) is 10.7 Å². The van der Waals surface area contributed by atoms with Crippen molar-refractivity contribution in [2.45, 2.75) is 12.8 Å². The van der Waals surface area contributed by atoms with Gasteiger partial charge < -0.3 is 10.4 Å². The summed E-state index contributed by atoms with van der Waals surface area (Å²) in [6, 6.07) is 1.95. The highest BCUT2D eigenvalue weighted by atomic mass is 79.9. The van der Waals surface area contributed by atoms with Crippen molar-refractivity contribution in [2.75, 3.05) is 6.54 Å². The first-order chi connectivity index (χ1) is 10.00. The van der Waals surface area contributed by atoms with E-state index >= 15 is 0 Å². The van der Waals surface area contributed by atoms with Gasteiger partial charge in [-0.25, -0.2) is 4.98 Å². The van der Waals surface area contributed by atoms with Crippen LogP contribution in [-0.4, -0.2) is 28.5 Å². The van der Waals surface area contributed by atoms with Crippen LogP contribution in [0, 0.1) is 5.41 Å². The molecule has 0 atom stereocenters. The minimum atomic E-state index is -0.842. The fourth-order valence-electron chi connectivity index (χ4n) is 1.87. The summed E-state index contributed by atoms with van der Waals surface area (Å²) >= 11 is 6.34. The Balaban J connectivity index is 1.66. The van der Waals surface area contributed by atoms with E-state index < -0.39 is 11.4 Å². The molecule has 110 valence electrons. The van der Waals surface area contributed by atoms with Crippen LogP contribution in [0.5, 0.6) is 0 Å². The quantitative estimate of drug-likeness (QED) is 0.826. The molecule has 0 radical (unpaired) electrons. The molecule has 0 aliphatic heterocycles. The maximum Gasteiger partial charge on any atom is 0.311 e. The molecule has 0 bridgehead atoms. The predicted octanol–water partition coefficient (Wildman–Crippen LogP) is 3.23. The lowest BCUT2D eigenvalue weighted by atomic mass is 10.1. The van der Waals surface area contributed by atoms with Gasteiger partial charge in [-0.15, -0.1) is 22.7 Å². The molecule has 2 heterocycles. The molecule has 1 aliphatic carbocycles. The van der Waals surface area contributed by atoms with Gasteiger partial charge in [0.2, 0.25) is 0 Å². The van der Waals surface area contributed by atoms with Gasteiger partial charge in [-0.1, -0.05) is 0 Å². The zero-order valence-electron chi connectivity index (χ0n) is 10.8. The molecule has 1 aliphatic rings. The van der Waals surface area contributed by atoms with Gasteiger partial charge >= 0.3 is 5.97 Å². The van der Waals surface area contributed by atoms with Crippen LogP contribution < -0.4 is 5.32 Å². The molecule has 3 rings (SSSR count). The number of nitrogens with zero attached hydrogens (tertiary/aromatic N) is 1. The Morgan fingerprint density at radius 3 is 2.71 bits per heavy atom. The SMILES string of the molecule is O=C(NCC1(C(=O)O)CC1)c1csc(-c2cc(Br)cs2)n1. The second-order valence-electron chi connectivity index (χ2n) is 4.94. The molecule has 8 heteroatoms. The van der Waals surface area contributed by atoms with Crippen molar-refractivity contribution in [1.29, 1.82) is 0 Å². The van der Waals surface area contributed by atoms with Gasteiger partial charge in [0.25, 0.3) is 5.91 Å². The second-order valence-corrected chi connectivity index (χ2v) is 7.62. The number of hydrogen-bond acceptors (Lipinski definition) is 5. The van der Waals surface area contributed by atoms with E-state index in [9.17, 15) is 9.59 Å². The lowest BCUT2D eigenvalue weighted by Gasteiger charge is -2.09. The average Bonchev–Trinajstić information content (AvgIpc) is 2.88. The number of aliphatic carboxylic acids is 1. The zero-order valence-corrected chi connectivity index (χ0v) is 14.0. The first-order valence-corrected chi connectivity index (χ1v) is 8.77. The number of rotatable bonds is 5. The van der Waals surface area contributed by atoms with Crippen molar-refractivity contribution in [3.8, 4) is 9.88 Å². The summed E-state index contributed by atoms with van der Waals surface area (Å²) in [6.45, 7) is 0.165. The molecule has 2 aromatic rings. The molecule has 0 spiro atoms. The first kappa shape index (κ1) is 14.7. The Kier molecular flexibility index (Phi) is 3.85. The summed E-state index contributed by atoms with van der Waals surface area (Å²) in [7, 11) is 0. The van der Waals surface area contributed by atoms with Crippen molar-refractivity contribution >= 4 is 50.5 Å². The molecule has 1 saturated carbocycles. The van der Waals surface area contributed by atoms with Crippen molar-refractivity contribution in [3.63, 3.8) is 0 Å². The van der Waals surface area contributed by atoms with Crippen LogP contribution in [0.3, 0.4) is 0 Å². The smallest absolute Gasteiger partial charge is 0.311 e. The third-order valence-electron chi connectivity index (χ3n) is 3.41. The third kappa shape index (κ3) is 3.02. The molecule has 5 nitrogen and oxygen atoms in total. The number of carbonyl (C=O) groups excluding carboxylic acids is 1. The topological polar surface area (TPSA) is 79.3 Å². The molecular weight excluding hydrogens is 376 g/mol. The van der Waals surface area contributed by atoms with E-state index in [1.165, 1.54) is 11.3 Å². The number of halogens is 1. The van der Waals surface area contributed by atoms with Crippen LogP contribution in [-0.2, 0) is 4.79 Å². The molecule has 21 heavy (non-hydrogen) atoms. The summed E-state index contributed by atoms with van der Waals surface area (Å²) < 4.78 is 0.987. The average molecular weight is 387 g/mol. The molecule has 2 aromatic heterocycles. The highest BCUT2D eigenvalue weighted by molar-refractivity contribution is 9.10. The number of amides is 1. The predicted molar refractivity (Wildman–Crippen MR) is 84.8 cm³/mol. The molecule has 0 saturated heterocycles. The molecule has 0 unspecified atom stereocenters. The largest absolute Gasteiger partial charge is 0.481 e. The first-order valence-electron chi connectivity index (χ1n) is 6.22. The normalized spacial score (nSPS) is 15.7. The number of carboxylic acids is 1. The summed E-state index contributed by atoms with van der Waals surface area (Å²) in [6.07, 6.45) is 1.24. The zero-order chi connectivity index (χ0) is 15.0. The Labute approximate surface area is 137 Å². The molecule has 0 aromatic carbocycles. The number of carboxylic acid groups (broad SMARTS) is 1. The van der Waals surface area contributed by atoms with Crippen molar-refractivity contribution in [2.24, 2.45) is 5.41 Å². The second kappa shape index (κ2) is 5.51. The van der Waals surface area contributed by atoms with Crippen LogP contribution in [0.15, 0.2) is 21.3 Å². The van der Waals surface area contributed by atoms with Crippen LogP contribution in [0.1, 0.15) is 23.3 Å². The van der Waals surface area contributed by atoms with E-state index in [1.54, 1.807) is 16.7 Å². The highest BCUT2D eigenvalue weighted by Crippen LogP contribution is 2.45. The van der Waals surface area contributed by atoms with Crippen LogP contribution in [0.25, 0.3) is 9.88 Å². The Morgan fingerprint density at radius 1 is 1.38 bits per heavy atom. The number of thiophene rings is 1. The van der Waals surface area contributed by atoms with E-state index in [-0.39, 0.29) is 12.5 Å². The number of hydrogen-bond donors (Lipinski definition) is 2. The Hall–Kier alpha value is -1.25. The third-order valence-corrected chi connectivity index (χ3v) is 6.11. The lowest BCUT2D eigenvalue weighted by Crippen LogP contribution is -2.34. The number of aromatic nitrogens is 1. The van der Waals surface area contributed by atoms with Crippen LogP contribution >= 0.6 is 38.6 Å². The number of carbonyl (C=O) groups is 2. The fourth-order valence-corrected chi connectivity index (χ4v) is 4.18. The summed E-state index contributed by atoms with van der Waals surface area (Å²) in [4.78, 5) is 28.4. The van der Waals surface area contributed by atoms with Crippen molar-refractivity contribution < 1.29 is 14.7 Å². The van der Waals surface area contributed by atoms with Gasteiger partial charge in [-0.2, -0.15) is 0 Å². The Morgan fingerprint density at radius 2 is 2.14 bits per heavy atom. The van der Waals surface area contributed by atoms with E-state index in [0.29, 0.717) is 18.5 Å². The van der Waals surface area contributed by atoms with Gasteiger partial charge in [-0.05, 0) is 34.8 Å². The summed E-state index contributed by atoms with van der Waals surface area (Å²) in [5.74, 6) is -1.16. The van der Waals surface area contributed by atoms with Crippen molar-refractivity contribution in [3.05, 3.63) is 27.0 Å². The summed E-state index contributed by atoms with van der Waals surface area (Å²) in [5.41, 5.74) is -0.423. The van der Waals surface area contributed by atoms with Gasteiger partial charge in [0.05, 0.1) is 10.3 Å². The van der Waals surface area contributed by atoms with E-state index in [2.05, 4.69) is 26.2 Å². The molecule has 1 amide bonds. The van der Waals surface area contributed by atoms with Gasteiger partial charge in [-0.3, -0.25) is 9.59 Å². The number of thiazole rings is 1. The molecular formula is C13H11BrN2O3S2. The Bertz CT molecular complexity index is 706. The maximum atomic E-state index is 12.0. The molecule has 1 fully saturated rings. The summed E-state index contributed by atoms with van der Waals surface area (Å²) in [5, 5.41) is 16.2. The van der Waals surface area contributed by atoms with Gasteiger partial charge in [0.15, 0.2) is 0 Å². The molecule has 2 N–H and O–H groups in total. The monoisotopic (exact) mass is 386 g/mol. The van der Waals surface area contributed by atoms with Crippen molar-refractivity contribution in [1.82, 2.24) is 10.3 Å². The van der Waals surface area contributed by atoms with E-state index in [1.807, 2.05) is 11.4 Å². The minimum Gasteiger partial charge on any atom is -0.481 e. The standard InChI is InChI=1S/C13H11BrN2O3S2/c14-7-3-9(20-4-7)11-16-8(5-21-11)10(17)15-6-13(1-2-13)12(18)19/h3-5H,1-2,6H2,(H,15,17)(H,18,19). The maximum absolute atomic E-state index is 12.0. The lowest BCUT2D eigenvalue weighted by molar-refractivity contribution is -0.143. The van der Waals surface area contributed by atoms with E-state index in [0.717, 1.165) is 14.4 Å². The fraction of sp³-hybridized carbons (Fsp3) is 0.308. The highest BCUT2D eigenvalue weighted by Gasteiger charge is 2.50. The van der Waals surface area contributed by atoms with Crippen LogP contribution in [0.4, 0.5) is 0 Å². The minimum absolute atomic E-state index is 0.165. The number of nitrogens with one attached hydrogen (secondary N) is 1. The van der Waals surface area contributed by atoms with E-state index in [4.69, 9.17) is 5.11 Å². The van der Waals surface area contributed by atoms with Crippen LogP contribution in [0.2, 0.25) is 0 Å². The van der Waals surface area contributed by atoms with Gasteiger partial charge in [0, 0.05) is 21.8 Å².